The number of hydrogen-bond donors (Lipinski definition) is 1. The van der Waals surface area contributed by atoms with Gasteiger partial charge in [-0.3, -0.25) is 9.59 Å². The normalized spacial score (nSPS) is 29.4. The minimum atomic E-state index is -0.118. The van der Waals surface area contributed by atoms with Gasteiger partial charge in [0.2, 0.25) is 5.91 Å². The number of hydrogen-bond acceptors (Lipinski definition) is 4. The molecule has 4 bridgehead atoms. The first-order valence-electron chi connectivity index (χ1n) is 9.98. The number of nitrogens with one attached hydrogen (secondary N) is 1. The average molecular weight is 391 g/mol. The van der Waals surface area contributed by atoms with E-state index in [1.807, 2.05) is 46.7 Å². The van der Waals surface area contributed by atoms with Crippen LogP contribution in [0.5, 0.6) is 0 Å². The van der Waals surface area contributed by atoms with E-state index in [1.54, 1.807) is 0 Å². The van der Waals surface area contributed by atoms with Crippen LogP contribution in [0.3, 0.4) is 0 Å². The molecular weight excluding hydrogens is 370 g/mol. The van der Waals surface area contributed by atoms with Crippen LogP contribution in [-0.4, -0.2) is 20.8 Å². The van der Waals surface area contributed by atoms with Crippen molar-refractivity contribution in [3.05, 3.63) is 63.5 Å². The molecule has 1 aromatic carbocycles. The zero-order chi connectivity index (χ0) is 18.8. The Kier molecular flexibility index (Phi) is 3.54. The molecule has 6 heteroatoms. The minimum Gasteiger partial charge on any atom is -0.331 e. The van der Waals surface area contributed by atoms with E-state index in [2.05, 4.69) is 9.97 Å². The average Bonchev–Trinajstić information content (AvgIpc) is 3.23. The van der Waals surface area contributed by atoms with Gasteiger partial charge < -0.3 is 9.88 Å². The molecule has 0 radical (unpaired) electrons. The molecule has 3 unspecified atom stereocenters. The molecule has 142 valence electrons. The second-order valence-electron chi connectivity index (χ2n) is 8.49. The molecule has 4 aliphatic rings. The highest BCUT2D eigenvalue weighted by molar-refractivity contribution is 7.17. The molecular formula is C22H21N3O2S. The van der Waals surface area contributed by atoms with E-state index in [9.17, 15) is 9.59 Å². The van der Waals surface area contributed by atoms with Crippen LogP contribution in [0.25, 0.3) is 10.2 Å². The van der Waals surface area contributed by atoms with Crippen molar-refractivity contribution in [3.8, 4) is 0 Å². The van der Waals surface area contributed by atoms with Crippen molar-refractivity contribution in [1.82, 2.24) is 14.9 Å². The highest BCUT2D eigenvalue weighted by atomic mass is 32.1. The third kappa shape index (κ3) is 2.47. The largest absolute Gasteiger partial charge is 0.331 e. The van der Waals surface area contributed by atoms with Crippen molar-refractivity contribution < 1.29 is 4.79 Å². The first-order valence-corrected chi connectivity index (χ1v) is 10.9. The summed E-state index contributed by atoms with van der Waals surface area (Å²) in [5.41, 5.74) is 1.70. The van der Waals surface area contributed by atoms with Gasteiger partial charge in [0.05, 0.1) is 12.1 Å². The Labute approximate surface area is 166 Å². The fraction of sp³-hybridized carbons (Fsp3) is 0.409. The molecule has 2 aromatic heterocycles. The zero-order valence-electron chi connectivity index (χ0n) is 15.4. The zero-order valence-corrected chi connectivity index (χ0v) is 16.2. The molecule has 4 aliphatic carbocycles. The number of amides is 1. The molecule has 1 N–H and O–H groups in total. The Morgan fingerprint density at radius 1 is 1.14 bits per heavy atom. The second kappa shape index (κ2) is 6.01. The monoisotopic (exact) mass is 391 g/mol. The van der Waals surface area contributed by atoms with E-state index in [1.165, 1.54) is 24.2 Å². The number of carbonyl (C=O) groups excluding carboxylic acids is 1. The van der Waals surface area contributed by atoms with Crippen LogP contribution < -0.4 is 5.56 Å². The maximum atomic E-state index is 13.5. The van der Waals surface area contributed by atoms with E-state index >= 15 is 0 Å². The van der Waals surface area contributed by atoms with Crippen molar-refractivity contribution in [2.75, 3.05) is 0 Å². The molecule has 3 aromatic rings. The molecule has 4 saturated carbocycles. The number of carbonyl (C=O) groups is 1. The summed E-state index contributed by atoms with van der Waals surface area (Å²) < 4.78 is 0.641. The van der Waals surface area contributed by atoms with Gasteiger partial charge in [0.1, 0.15) is 10.5 Å². The van der Waals surface area contributed by atoms with Gasteiger partial charge in [0.25, 0.3) is 5.56 Å². The quantitative estimate of drug-likeness (QED) is 0.725. The van der Waals surface area contributed by atoms with Gasteiger partial charge in [0.15, 0.2) is 0 Å². The van der Waals surface area contributed by atoms with E-state index in [-0.39, 0.29) is 17.4 Å². The van der Waals surface area contributed by atoms with Crippen LogP contribution >= 0.6 is 11.3 Å². The summed E-state index contributed by atoms with van der Waals surface area (Å²) >= 11 is 1.40. The Morgan fingerprint density at radius 2 is 1.93 bits per heavy atom. The van der Waals surface area contributed by atoms with Crippen molar-refractivity contribution in [2.45, 2.75) is 25.9 Å². The number of benzene rings is 1. The predicted octanol–water partition coefficient (Wildman–Crippen LogP) is 3.42. The van der Waals surface area contributed by atoms with Gasteiger partial charge in [-0.25, -0.2) is 4.98 Å². The lowest BCUT2D eigenvalue weighted by atomic mass is 9.96. The smallest absolute Gasteiger partial charge is 0.268 e. The number of rotatable bonds is 5. The first kappa shape index (κ1) is 16.5. The Bertz CT molecular complexity index is 1110. The lowest BCUT2D eigenvalue weighted by Crippen LogP contribution is -2.37. The summed E-state index contributed by atoms with van der Waals surface area (Å²) in [7, 11) is 0. The lowest BCUT2D eigenvalue weighted by Gasteiger charge is -2.27. The third-order valence-corrected chi connectivity index (χ3v) is 7.89. The molecule has 1 amide bonds. The van der Waals surface area contributed by atoms with Crippen molar-refractivity contribution in [1.29, 1.82) is 0 Å². The summed E-state index contributed by atoms with van der Waals surface area (Å²) in [6.07, 6.45) is 2.47. The second-order valence-corrected chi connectivity index (χ2v) is 9.41. The molecule has 3 atom stereocenters. The molecule has 2 heterocycles. The van der Waals surface area contributed by atoms with E-state index in [0.29, 0.717) is 41.0 Å². The third-order valence-electron chi connectivity index (χ3n) is 6.99. The van der Waals surface area contributed by atoms with E-state index in [0.717, 1.165) is 17.4 Å². The van der Waals surface area contributed by atoms with Gasteiger partial charge in [-0.15, -0.1) is 11.3 Å². The maximum Gasteiger partial charge on any atom is 0.268 e. The fourth-order valence-corrected chi connectivity index (χ4v) is 6.57. The SMILES string of the molecule is O=C(C1C2CC3C(C2)C31)N(Cc1ccccc1)Cc1nc2ccsc2c(=O)[nH]1. The van der Waals surface area contributed by atoms with Crippen molar-refractivity contribution >= 4 is 27.5 Å². The number of aromatic amines is 1. The van der Waals surface area contributed by atoms with Gasteiger partial charge in [-0.05, 0) is 53.5 Å². The Morgan fingerprint density at radius 3 is 2.64 bits per heavy atom. The highest BCUT2D eigenvalue weighted by Crippen LogP contribution is 2.73. The number of aromatic nitrogens is 2. The van der Waals surface area contributed by atoms with Crippen molar-refractivity contribution in [2.24, 2.45) is 29.6 Å². The standard InChI is InChI=1S/C22H21N3O2S/c26-21-20-16(6-7-28-20)23-17(24-21)11-25(10-12-4-2-1-3-5-12)22(27)18-13-8-14-15(9-13)19(14)18/h1-7,13-15,18-19H,8-11H2,(H,23,24,26). The number of nitrogens with zero attached hydrogens (tertiary/aromatic N) is 2. The molecule has 28 heavy (non-hydrogen) atoms. The van der Waals surface area contributed by atoms with Gasteiger partial charge in [-0.1, -0.05) is 30.3 Å². The van der Waals surface area contributed by atoms with Crippen LogP contribution in [-0.2, 0) is 17.9 Å². The van der Waals surface area contributed by atoms with Crippen molar-refractivity contribution in [3.63, 3.8) is 0 Å². The molecule has 0 aliphatic heterocycles. The van der Waals surface area contributed by atoms with E-state index in [4.69, 9.17) is 0 Å². The molecule has 4 fully saturated rings. The van der Waals surface area contributed by atoms with Gasteiger partial charge >= 0.3 is 0 Å². The summed E-state index contributed by atoms with van der Waals surface area (Å²) in [5, 5.41) is 1.88. The van der Waals surface area contributed by atoms with E-state index < -0.39 is 0 Å². The number of thiophene rings is 1. The first-order chi connectivity index (χ1) is 13.7. The summed E-state index contributed by atoms with van der Waals surface area (Å²) in [6.45, 7) is 0.899. The number of H-pyrrole nitrogens is 1. The van der Waals surface area contributed by atoms with Crippen LogP contribution in [0, 0.1) is 29.6 Å². The Hall–Kier alpha value is -2.47. The molecule has 0 spiro atoms. The van der Waals surface area contributed by atoms with Crippen LogP contribution in [0.2, 0.25) is 0 Å². The topological polar surface area (TPSA) is 66.1 Å². The van der Waals surface area contributed by atoms with Crippen LogP contribution in [0.1, 0.15) is 24.2 Å². The van der Waals surface area contributed by atoms with Crippen LogP contribution in [0.15, 0.2) is 46.6 Å². The van der Waals surface area contributed by atoms with Gasteiger partial charge in [0, 0.05) is 12.5 Å². The lowest BCUT2D eigenvalue weighted by molar-refractivity contribution is -0.138. The summed E-state index contributed by atoms with van der Waals surface area (Å²) in [5.74, 6) is 3.78. The Balaban J connectivity index is 1.32. The fourth-order valence-electron chi connectivity index (χ4n) is 5.84. The number of fused-ring (bicyclic) bond motifs is 1. The predicted molar refractivity (Wildman–Crippen MR) is 108 cm³/mol. The summed E-state index contributed by atoms with van der Waals surface area (Å²) in [4.78, 5) is 35.3. The minimum absolute atomic E-state index is 0.118. The molecule has 7 rings (SSSR count). The van der Waals surface area contributed by atoms with Crippen LogP contribution in [0.4, 0.5) is 0 Å². The molecule has 0 saturated heterocycles. The maximum absolute atomic E-state index is 13.5. The van der Waals surface area contributed by atoms with Gasteiger partial charge in [-0.2, -0.15) is 0 Å². The highest BCUT2D eigenvalue weighted by Gasteiger charge is 2.70. The summed E-state index contributed by atoms with van der Waals surface area (Å²) in [6, 6.07) is 11.9. The molecule has 5 nitrogen and oxygen atoms in total.